The molecule has 1 aliphatic heterocycles. The van der Waals surface area contributed by atoms with Gasteiger partial charge in [-0.05, 0) is 30.5 Å². The summed E-state index contributed by atoms with van der Waals surface area (Å²) in [4.78, 5) is 13.7. The largest absolute Gasteiger partial charge is 0.342 e. The molecule has 2 rings (SSSR count). The van der Waals surface area contributed by atoms with E-state index in [2.05, 4.69) is 5.32 Å². The number of rotatable bonds is 4. The summed E-state index contributed by atoms with van der Waals surface area (Å²) in [7, 11) is 0. The Bertz CT molecular complexity index is 431. The van der Waals surface area contributed by atoms with Gasteiger partial charge in [0.05, 0.1) is 6.54 Å². The Labute approximate surface area is 117 Å². The number of carbonyl (C=O) groups is 1. The summed E-state index contributed by atoms with van der Waals surface area (Å²) in [6.45, 7) is 2.72. The normalized spacial score (nSPS) is 15.1. The highest BCUT2D eigenvalue weighted by Crippen LogP contribution is 2.20. The van der Waals surface area contributed by atoms with Crippen LogP contribution in [0.2, 0.25) is 10.0 Å². The average Bonchev–Trinajstić information content (AvgIpc) is 2.85. The van der Waals surface area contributed by atoms with Crippen molar-refractivity contribution in [1.29, 1.82) is 0 Å². The minimum absolute atomic E-state index is 0.164. The van der Waals surface area contributed by atoms with E-state index < -0.39 is 0 Å². The topological polar surface area (TPSA) is 32.3 Å². The highest BCUT2D eigenvalue weighted by atomic mass is 35.5. The predicted molar refractivity (Wildman–Crippen MR) is 74.0 cm³/mol. The molecule has 3 nitrogen and oxygen atoms in total. The lowest BCUT2D eigenvalue weighted by Crippen LogP contribution is -2.36. The Morgan fingerprint density at radius 1 is 1.28 bits per heavy atom. The molecule has 1 aromatic carbocycles. The van der Waals surface area contributed by atoms with E-state index in [1.807, 2.05) is 11.0 Å². The first-order chi connectivity index (χ1) is 8.66. The molecule has 0 radical (unpaired) electrons. The molecule has 0 unspecified atom stereocenters. The third-order valence-corrected chi connectivity index (χ3v) is 3.65. The van der Waals surface area contributed by atoms with E-state index in [1.165, 1.54) is 0 Å². The smallest absolute Gasteiger partial charge is 0.236 e. The first-order valence-electron chi connectivity index (χ1n) is 6.09. The van der Waals surface area contributed by atoms with Crippen LogP contribution < -0.4 is 5.32 Å². The summed E-state index contributed by atoms with van der Waals surface area (Å²) in [5, 5.41) is 4.37. The van der Waals surface area contributed by atoms with Crippen LogP contribution in [0.3, 0.4) is 0 Å². The van der Waals surface area contributed by atoms with Crippen molar-refractivity contribution >= 4 is 29.1 Å². The van der Waals surface area contributed by atoms with Crippen LogP contribution in [0.5, 0.6) is 0 Å². The molecule has 5 heteroatoms. The zero-order valence-electron chi connectivity index (χ0n) is 10.1. The van der Waals surface area contributed by atoms with Crippen molar-refractivity contribution in [2.24, 2.45) is 0 Å². The number of hydrogen-bond acceptors (Lipinski definition) is 2. The zero-order valence-corrected chi connectivity index (χ0v) is 11.6. The van der Waals surface area contributed by atoms with Crippen molar-refractivity contribution in [3.63, 3.8) is 0 Å². The van der Waals surface area contributed by atoms with Crippen molar-refractivity contribution in [2.75, 3.05) is 19.6 Å². The van der Waals surface area contributed by atoms with Gasteiger partial charge in [-0.15, -0.1) is 0 Å². The van der Waals surface area contributed by atoms with Gasteiger partial charge in [0.25, 0.3) is 0 Å². The predicted octanol–water partition coefficient (Wildman–Crippen LogP) is 2.71. The molecular weight excluding hydrogens is 271 g/mol. The van der Waals surface area contributed by atoms with Gasteiger partial charge in [0, 0.05) is 29.7 Å². The van der Waals surface area contributed by atoms with E-state index in [9.17, 15) is 4.79 Å². The highest BCUT2D eigenvalue weighted by Gasteiger charge is 2.16. The molecule has 1 fully saturated rings. The van der Waals surface area contributed by atoms with E-state index in [4.69, 9.17) is 23.2 Å². The van der Waals surface area contributed by atoms with Gasteiger partial charge in [0.2, 0.25) is 5.91 Å². The van der Waals surface area contributed by atoms with Crippen LogP contribution in [0, 0.1) is 0 Å². The van der Waals surface area contributed by atoms with Gasteiger partial charge in [-0.3, -0.25) is 4.79 Å². The molecule has 0 saturated carbocycles. The summed E-state index contributed by atoms with van der Waals surface area (Å²) in [5.74, 6) is 0.164. The number of nitrogens with one attached hydrogen (secondary N) is 1. The second kappa shape index (κ2) is 6.41. The molecule has 0 spiro atoms. The summed E-state index contributed by atoms with van der Waals surface area (Å²) < 4.78 is 0. The maximum absolute atomic E-state index is 11.8. The van der Waals surface area contributed by atoms with Gasteiger partial charge in [-0.2, -0.15) is 0 Å². The number of carbonyl (C=O) groups excluding carboxylic acids is 1. The number of amides is 1. The van der Waals surface area contributed by atoms with Crippen molar-refractivity contribution in [3.8, 4) is 0 Å². The minimum atomic E-state index is 0.164. The van der Waals surface area contributed by atoms with Gasteiger partial charge in [0.1, 0.15) is 0 Å². The van der Waals surface area contributed by atoms with Gasteiger partial charge < -0.3 is 10.2 Å². The molecule has 0 bridgehead atoms. The van der Waals surface area contributed by atoms with Gasteiger partial charge in [-0.1, -0.05) is 29.3 Å². The van der Waals surface area contributed by atoms with Gasteiger partial charge in [-0.25, -0.2) is 0 Å². The second-order valence-corrected chi connectivity index (χ2v) is 5.27. The Hall–Kier alpha value is -0.770. The number of halogens is 2. The standard InChI is InChI=1S/C13H16Cl2N2O/c14-11-4-3-10(12(15)7-11)8-16-9-13(18)17-5-1-2-6-17/h3-4,7,16H,1-2,5-6,8-9H2. The quantitative estimate of drug-likeness (QED) is 0.923. The fourth-order valence-electron chi connectivity index (χ4n) is 2.05. The molecule has 1 aliphatic rings. The molecule has 18 heavy (non-hydrogen) atoms. The van der Waals surface area contributed by atoms with Crippen LogP contribution >= 0.6 is 23.2 Å². The molecule has 98 valence electrons. The molecule has 1 N–H and O–H groups in total. The van der Waals surface area contributed by atoms with E-state index in [1.54, 1.807) is 12.1 Å². The maximum Gasteiger partial charge on any atom is 0.236 e. The third kappa shape index (κ3) is 3.61. The van der Waals surface area contributed by atoms with Crippen LogP contribution in [-0.4, -0.2) is 30.4 Å². The molecule has 0 aliphatic carbocycles. The van der Waals surface area contributed by atoms with E-state index >= 15 is 0 Å². The number of nitrogens with zero attached hydrogens (tertiary/aromatic N) is 1. The van der Waals surface area contributed by atoms with Crippen molar-refractivity contribution in [3.05, 3.63) is 33.8 Å². The van der Waals surface area contributed by atoms with Crippen LogP contribution in [0.25, 0.3) is 0 Å². The Kier molecular flexibility index (Phi) is 4.87. The summed E-state index contributed by atoms with van der Waals surface area (Å²) >= 11 is 11.9. The van der Waals surface area contributed by atoms with Crippen LogP contribution in [0.15, 0.2) is 18.2 Å². The lowest BCUT2D eigenvalue weighted by molar-refractivity contribution is -0.129. The lowest BCUT2D eigenvalue weighted by atomic mass is 10.2. The van der Waals surface area contributed by atoms with E-state index in [0.29, 0.717) is 23.1 Å². The zero-order chi connectivity index (χ0) is 13.0. The molecular formula is C13H16Cl2N2O. The fraction of sp³-hybridized carbons (Fsp3) is 0.462. The molecule has 0 aromatic heterocycles. The minimum Gasteiger partial charge on any atom is -0.342 e. The Balaban J connectivity index is 1.79. The van der Waals surface area contributed by atoms with E-state index in [-0.39, 0.29) is 5.91 Å². The first-order valence-corrected chi connectivity index (χ1v) is 6.85. The summed E-state index contributed by atoms with van der Waals surface area (Å²) in [5.41, 5.74) is 0.954. The molecule has 1 heterocycles. The second-order valence-electron chi connectivity index (χ2n) is 4.43. The fourth-order valence-corrected chi connectivity index (χ4v) is 2.52. The lowest BCUT2D eigenvalue weighted by Gasteiger charge is -2.15. The Morgan fingerprint density at radius 2 is 2.00 bits per heavy atom. The van der Waals surface area contributed by atoms with Crippen LogP contribution in [0.1, 0.15) is 18.4 Å². The maximum atomic E-state index is 11.8. The monoisotopic (exact) mass is 286 g/mol. The SMILES string of the molecule is O=C(CNCc1ccc(Cl)cc1Cl)N1CCCC1. The number of benzene rings is 1. The number of likely N-dealkylation sites (tertiary alicyclic amines) is 1. The Morgan fingerprint density at radius 3 is 2.67 bits per heavy atom. The highest BCUT2D eigenvalue weighted by molar-refractivity contribution is 6.35. The van der Waals surface area contributed by atoms with Crippen molar-refractivity contribution in [2.45, 2.75) is 19.4 Å². The van der Waals surface area contributed by atoms with Gasteiger partial charge in [0.15, 0.2) is 0 Å². The first kappa shape index (κ1) is 13.7. The molecule has 1 amide bonds. The van der Waals surface area contributed by atoms with Crippen LogP contribution in [0.4, 0.5) is 0 Å². The summed E-state index contributed by atoms with van der Waals surface area (Å²) in [6.07, 6.45) is 2.24. The molecule has 0 atom stereocenters. The van der Waals surface area contributed by atoms with E-state index in [0.717, 1.165) is 31.5 Å². The van der Waals surface area contributed by atoms with Crippen molar-refractivity contribution in [1.82, 2.24) is 10.2 Å². The molecule has 1 saturated heterocycles. The third-order valence-electron chi connectivity index (χ3n) is 3.07. The van der Waals surface area contributed by atoms with Crippen LogP contribution in [-0.2, 0) is 11.3 Å². The summed E-state index contributed by atoms with van der Waals surface area (Å²) in [6, 6.07) is 5.38. The number of hydrogen-bond donors (Lipinski definition) is 1. The van der Waals surface area contributed by atoms with Gasteiger partial charge >= 0.3 is 0 Å². The van der Waals surface area contributed by atoms with Crippen molar-refractivity contribution < 1.29 is 4.79 Å². The molecule has 1 aromatic rings. The average molecular weight is 287 g/mol.